The molecule has 0 unspecified atom stereocenters. The number of hydrogen-bond acceptors (Lipinski definition) is 8. The molecule has 2 aromatic rings. The summed E-state index contributed by atoms with van der Waals surface area (Å²) in [6, 6.07) is 9.05. The fourth-order valence-electron chi connectivity index (χ4n) is 2.78. The summed E-state index contributed by atoms with van der Waals surface area (Å²) in [5.41, 5.74) is 0.777. The Bertz CT molecular complexity index is 1260. The van der Waals surface area contributed by atoms with E-state index in [1.807, 2.05) is 12.1 Å². The van der Waals surface area contributed by atoms with Crippen LogP contribution in [0, 0.1) is 29.6 Å². The van der Waals surface area contributed by atoms with E-state index in [1.54, 1.807) is 25.5 Å². The molecule has 0 saturated carbocycles. The first-order valence-electron chi connectivity index (χ1n) is 9.94. The molecule has 0 N–H and O–H groups in total. The van der Waals surface area contributed by atoms with E-state index in [-0.39, 0.29) is 43.0 Å². The van der Waals surface area contributed by atoms with Gasteiger partial charge in [0.15, 0.2) is 4.80 Å². The number of hydrogen-bond donors (Lipinski definition) is 0. The summed E-state index contributed by atoms with van der Waals surface area (Å²) in [6.07, 6.45) is -0.0176. The lowest BCUT2D eigenvalue weighted by Crippen LogP contribution is -2.32. The Morgan fingerprint density at radius 2 is 1.73 bits per heavy atom. The van der Waals surface area contributed by atoms with Gasteiger partial charge in [0.1, 0.15) is 4.88 Å². The number of nitriles is 2. The number of amides is 1. The maximum Gasteiger partial charge on any atom is 0.350 e. The van der Waals surface area contributed by atoms with E-state index in [9.17, 15) is 18.0 Å². The Morgan fingerprint density at radius 1 is 1.15 bits per heavy atom. The molecule has 1 amide bonds. The Morgan fingerprint density at radius 3 is 2.24 bits per heavy atom. The zero-order valence-corrected chi connectivity index (χ0v) is 20.1. The molecule has 2 rings (SSSR count). The predicted molar refractivity (Wildman–Crippen MR) is 120 cm³/mol. The smallest absolute Gasteiger partial charge is 0.350 e. The minimum Gasteiger partial charge on any atom is -0.462 e. The molecule has 1 aromatic heterocycles. The fraction of sp³-hybridized carbons (Fsp3) is 0.381. The molecule has 0 aliphatic heterocycles. The molecule has 0 atom stereocenters. The van der Waals surface area contributed by atoms with Crippen LogP contribution in [-0.2, 0) is 21.8 Å². The number of carbonyl (C=O) groups is 2. The third-order valence-corrected chi connectivity index (χ3v) is 7.78. The lowest BCUT2D eigenvalue weighted by molar-refractivity contribution is 0.0530. The molecule has 0 saturated heterocycles. The van der Waals surface area contributed by atoms with Crippen LogP contribution in [0.1, 0.15) is 45.5 Å². The van der Waals surface area contributed by atoms with Gasteiger partial charge < -0.3 is 9.30 Å². The van der Waals surface area contributed by atoms with Gasteiger partial charge in [-0.1, -0.05) is 11.3 Å². The number of ether oxygens (including phenoxy) is 1. The van der Waals surface area contributed by atoms with Crippen molar-refractivity contribution < 1.29 is 22.7 Å². The number of esters is 1. The van der Waals surface area contributed by atoms with Crippen molar-refractivity contribution in [2.24, 2.45) is 12.0 Å². The average Bonchev–Trinajstić information content (AvgIpc) is 3.07. The highest BCUT2D eigenvalue weighted by Gasteiger charge is 2.24. The molecule has 174 valence electrons. The molecule has 0 bridgehead atoms. The van der Waals surface area contributed by atoms with Crippen LogP contribution in [0.15, 0.2) is 34.2 Å². The lowest BCUT2D eigenvalue weighted by Gasteiger charge is -2.20. The van der Waals surface area contributed by atoms with Crippen LogP contribution in [0.4, 0.5) is 0 Å². The standard InChI is InChI=1S/C21H23N5O5S2/c1-4-31-20(28)18-15(2)25(3)21(32-18)24-19(27)16-7-9-17(10-8-16)33(29,30)26(13-5-11-22)14-6-12-23/h7-10H,4-6,13-14H2,1-3H3. The van der Waals surface area contributed by atoms with E-state index in [1.165, 1.54) is 24.3 Å². The number of thiazole rings is 1. The molecule has 0 aliphatic rings. The van der Waals surface area contributed by atoms with Gasteiger partial charge in [-0.25, -0.2) is 13.2 Å². The monoisotopic (exact) mass is 489 g/mol. The van der Waals surface area contributed by atoms with E-state index in [0.717, 1.165) is 15.6 Å². The molecular formula is C21H23N5O5S2. The summed E-state index contributed by atoms with van der Waals surface area (Å²) in [6.45, 7) is 3.58. The summed E-state index contributed by atoms with van der Waals surface area (Å²) in [5.74, 6) is -1.09. The second kappa shape index (κ2) is 11.5. The van der Waals surface area contributed by atoms with Gasteiger partial charge >= 0.3 is 5.97 Å². The highest BCUT2D eigenvalue weighted by Crippen LogP contribution is 2.18. The second-order valence-electron chi connectivity index (χ2n) is 6.74. The highest BCUT2D eigenvalue weighted by molar-refractivity contribution is 7.89. The number of sulfonamides is 1. The average molecular weight is 490 g/mol. The normalized spacial score (nSPS) is 11.8. The predicted octanol–water partition coefficient (Wildman–Crippen LogP) is 2.13. The van der Waals surface area contributed by atoms with E-state index in [4.69, 9.17) is 15.3 Å². The number of benzene rings is 1. The minimum atomic E-state index is -3.94. The third kappa shape index (κ3) is 6.14. The van der Waals surface area contributed by atoms with Crippen LogP contribution in [0.25, 0.3) is 0 Å². The van der Waals surface area contributed by atoms with Gasteiger partial charge in [-0.3, -0.25) is 4.79 Å². The summed E-state index contributed by atoms with van der Waals surface area (Å²) >= 11 is 1.03. The van der Waals surface area contributed by atoms with Crippen LogP contribution < -0.4 is 4.80 Å². The summed E-state index contributed by atoms with van der Waals surface area (Å²) < 4.78 is 33.4. The van der Waals surface area contributed by atoms with Gasteiger partial charge in [0.2, 0.25) is 10.0 Å². The SMILES string of the molecule is CCOC(=O)c1sc(=NC(=O)c2ccc(S(=O)(=O)N(CCC#N)CCC#N)cc2)n(C)c1C. The van der Waals surface area contributed by atoms with Crippen molar-refractivity contribution >= 4 is 33.2 Å². The van der Waals surface area contributed by atoms with Crippen LogP contribution in [-0.4, -0.2) is 48.9 Å². The quantitative estimate of drug-likeness (QED) is 0.490. The summed E-state index contributed by atoms with van der Waals surface area (Å²) in [7, 11) is -2.26. The first kappa shape index (κ1) is 25.9. The first-order chi connectivity index (χ1) is 15.7. The molecule has 0 fully saturated rings. The van der Waals surface area contributed by atoms with Crippen molar-refractivity contribution in [2.45, 2.75) is 31.6 Å². The molecule has 1 aromatic carbocycles. The van der Waals surface area contributed by atoms with Gasteiger partial charge in [-0.05, 0) is 38.1 Å². The number of aromatic nitrogens is 1. The molecular weight excluding hydrogens is 466 g/mol. The van der Waals surface area contributed by atoms with Crippen LogP contribution in [0.3, 0.4) is 0 Å². The van der Waals surface area contributed by atoms with E-state index in [2.05, 4.69) is 4.99 Å². The van der Waals surface area contributed by atoms with Gasteiger partial charge in [0.05, 0.1) is 23.6 Å². The van der Waals surface area contributed by atoms with Gasteiger partial charge in [0, 0.05) is 44.2 Å². The Balaban J connectivity index is 2.32. The number of rotatable bonds is 9. The zero-order chi connectivity index (χ0) is 24.6. The van der Waals surface area contributed by atoms with E-state index in [0.29, 0.717) is 15.4 Å². The van der Waals surface area contributed by atoms with Crippen molar-refractivity contribution in [1.82, 2.24) is 8.87 Å². The largest absolute Gasteiger partial charge is 0.462 e. The van der Waals surface area contributed by atoms with Crippen molar-refractivity contribution in [2.75, 3.05) is 19.7 Å². The van der Waals surface area contributed by atoms with Crippen molar-refractivity contribution in [3.63, 3.8) is 0 Å². The Labute approximate surface area is 196 Å². The second-order valence-corrected chi connectivity index (χ2v) is 9.66. The molecule has 12 heteroatoms. The third-order valence-electron chi connectivity index (χ3n) is 4.66. The summed E-state index contributed by atoms with van der Waals surface area (Å²) in [5, 5.41) is 17.6. The van der Waals surface area contributed by atoms with Crippen LogP contribution in [0.2, 0.25) is 0 Å². The maximum atomic E-state index is 12.9. The molecule has 1 heterocycles. The number of nitrogens with zero attached hydrogens (tertiary/aromatic N) is 5. The molecule has 10 nitrogen and oxygen atoms in total. The van der Waals surface area contributed by atoms with Gasteiger partial charge in [-0.15, -0.1) is 0 Å². The molecule has 0 spiro atoms. The fourth-order valence-corrected chi connectivity index (χ4v) is 5.24. The van der Waals surface area contributed by atoms with Crippen LogP contribution in [0.5, 0.6) is 0 Å². The zero-order valence-electron chi connectivity index (χ0n) is 18.4. The van der Waals surface area contributed by atoms with E-state index < -0.39 is 21.9 Å². The lowest BCUT2D eigenvalue weighted by atomic mass is 10.2. The van der Waals surface area contributed by atoms with Gasteiger partial charge in [0.25, 0.3) is 5.91 Å². The van der Waals surface area contributed by atoms with Gasteiger partial charge in [-0.2, -0.15) is 19.8 Å². The number of carbonyl (C=O) groups excluding carboxylic acids is 2. The highest BCUT2D eigenvalue weighted by atomic mass is 32.2. The minimum absolute atomic E-state index is 0.00879. The van der Waals surface area contributed by atoms with Crippen molar-refractivity contribution in [3.05, 3.63) is 45.2 Å². The Hall–Kier alpha value is -3.32. The first-order valence-corrected chi connectivity index (χ1v) is 12.2. The van der Waals surface area contributed by atoms with E-state index >= 15 is 0 Å². The summed E-state index contributed by atoms with van der Waals surface area (Å²) in [4.78, 5) is 29.4. The topological polar surface area (TPSA) is 146 Å². The van der Waals surface area contributed by atoms with Crippen molar-refractivity contribution in [1.29, 1.82) is 10.5 Å². The van der Waals surface area contributed by atoms with Crippen LogP contribution >= 0.6 is 11.3 Å². The molecule has 0 aliphatic carbocycles. The molecule has 0 radical (unpaired) electrons. The maximum absolute atomic E-state index is 12.9. The Kier molecular flexibility index (Phi) is 9.05. The molecule has 33 heavy (non-hydrogen) atoms. The van der Waals surface area contributed by atoms with Crippen molar-refractivity contribution in [3.8, 4) is 12.1 Å².